The molecule has 0 atom stereocenters. The number of hydrogen-bond acceptors (Lipinski definition) is 2. The molecule has 74 valence electrons. The first kappa shape index (κ1) is 10.7. The van der Waals surface area contributed by atoms with Gasteiger partial charge in [0.15, 0.2) is 0 Å². The molecule has 0 aliphatic heterocycles. The lowest BCUT2D eigenvalue weighted by Crippen LogP contribution is -2.13. The van der Waals surface area contributed by atoms with E-state index in [1.54, 1.807) is 12.1 Å². The van der Waals surface area contributed by atoms with E-state index in [0.29, 0.717) is 6.54 Å². The first-order valence-electron chi connectivity index (χ1n) is 4.67. The Morgan fingerprint density at radius 3 is 2.86 bits per heavy atom. The maximum absolute atomic E-state index is 13.1. The molecule has 3 heteroatoms. The molecule has 0 bridgehead atoms. The Kier molecular flexibility index (Phi) is 4.09. The summed E-state index contributed by atoms with van der Waals surface area (Å²) in [5.41, 5.74) is 0.971. The van der Waals surface area contributed by atoms with E-state index in [-0.39, 0.29) is 5.56 Å². The Labute approximate surface area is 83.4 Å². The molecule has 0 aromatic heterocycles. The second kappa shape index (κ2) is 5.36. The van der Waals surface area contributed by atoms with Gasteiger partial charge in [0.2, 0.25) is 0 Å². The fourth-order valence-electron chi connectivity index (χ4n) is 1.17. The summed E-state index contributed by atoms with van der Waals surface area (Å²) in [6.07, 6.45) is 1.05. The third kappa shape index (κ3) is 2.82. The van der Waals surface area contributed by atoms with Crippen LogP contribution in [0.1, 0.15) is 24.5 Å². The highest BCUT2D eigenvalue weighted by Crippen LogP contribution is 2.08. The van der Waals surface area contributed by atoms with Crippen LogP contribution in [-0.2, 0) is 6.54 Å². The van der Waals surface area contributed by atoms with Crippen molar-refractivity contribution in [1.29, 1.82) is 5.26 Å². The molecule has 0 heterocycles. The fourth-order valence-corrected chi connectivity index (χ4v) is 1.17. The average molecular weight is 192 g/mol. The standard InChI is InChI=1S/C11H13FN2/c1-2-5-14-8-9-3-4-10(7-13)11(12)6-9/h3-4,6,14H,2,5,8H2,1H3. The predicted molar refractivity (Wildman–Crippen MR) is 53.1 cm³/mol. The van der Waals surface area contributed by atoms with E-state index in [0.717, 1.165) is 18.5 Å². The quantitative estimate of drug-likeness (QED) is 0.742. The molecule has 0 aliphatic carbocycles. The number of nitrogens with one attached hydrogen (secondary N) is 1. The van der Waals surface area contributed by atoms with Crippen LogP contribution in [0.5, 0.6) is 0 Å². The van der Waals surface area contributed by atoms with Crippen molar-refractivity contribution in [2.75, 3.05) is 6.54 Å². The van der Waals surface area contributed by atoms with Crippen molar-refractivity contribution < 1.29 is 4.39 Å². The average Bonchev–Trinajstić information content (AvgIpc) is 2.18. The first-order valence-corrected chi connectivity index (χ1v) is 4.67. The molecule has 2 nitrogen and oxygen atoms in total. The van der Waals surface area contributed by atoms with Crippen LogP contribution in [0.4, 0.5) is 4.39 Å². The van der Waals surface area contributed by atoms with Gasteiger partial charge in [0.05, 0.1) is 5.56 Å². The molecule has 0 aliphatic rings. The minimum Gasteiger partial charge on any atom is -0.313 e. The van der Waals surface area contributed by atoms with Gasteiger partial charge in [0.1, 0.15) is 11.9 Å². The Morgan fingerprint density at radius 1 is 1.50 bits per heavy atom. The number of halogens is 1. The Bertz CT molecular complexity index is 342. The fraction of sp³-hybridized carbons (Fsp3) is 0.364. The number of nitrogens with zero attached hydrogens (tertiary/aromatic N) is 1. The largest absolute Gasteiger partial charge is 0.313 e. The number of rotatable bonds is 4. The van der Waals surface area contributed by atoms with Crippen LogP contribution in [-0.4, -0.2) is 6.54 Å². The third-order valence-electron chi connectivity index (χ3n) is 1.91. The van der Waals surface area contributed by atoms with E-state index in [2.05, 4.69) is 12.2 Å². The Balaban J connectivity index is 2.63. The molecule has 1 aromatic carbocycles. The summed E-state index contributed by atoms with van der Waals surface area (Å²) in [6, 6.07) is 6.48. The van der Waals surface area contributed by atoms with Gasteiger partial charge in [-0.05, 0) is 30.7 Å². The summed E-state index contributed by atoms with van der Waals surface area (Å²) >= 11 is 0. The van der Waals surface area contributed by atoms with Crippen molar-refractivity contribution >= 4 is 0 Å². The van der Waals surface area contributed by atoms with Gasteiger partial charge < -0.3 is 5.32 Å². The summed E-state index contributed by atoms with van der Waals surface area (Å²) in [6.45, 7) is 3.64. The third-order valence-corrected chi connectivity index (χ3v) is 1.91. The molecular weight excluding hydrogens is 179 g/mol. The van der Waals surface area contributed by atoms with Crippen LogP contribution in [0.25, 0.3) is 0 Å². The van der Waals surface area contributed by atoms with Gasteiger partial charge >= 0.3 is 0 Å². The van der Waals surface area contributed by atoms with E-state index in [4.69, 9.17) is 5.26 Å². The minimum atomic E-state index is -0.441. The van der Waals surface area contributed by atoms with Crippen LogP contribution in [0, 0.1) is 17.1 Å². The zero-order chi connectivity index (χ0) is 10.4. The zero-order valence-corrected chi connectivity index (χ0v) is 8.18. The summed E-state index contributed by atoms with van der Waals surface area (Å²) in [5, 5.41) is 11.7. The monoisotopic (exact) mass is 192 g/mol. The van der Waals surface area contributed by atoms with Gasteiger partial charge in [-0.15, -0.1) is 0 Å². The molecule has 14 heavy (non-hydrogen) atoms. The number of hydrogen-bond donors (Lipinski definition) is 1. The lowest BCUT2D eigenvalue weighted by Gasteiger charge is -2.03. The molecule has 0 spiro atoms. The van der Waals surface area contributed by atoms with Crippen LogP contribution in [0.2, 0.25) is 0 Å². The smallest absolute Gasteiger partial charge is 0.141 e. The Morgan fingerprint density at radius 2 is 2.29 bits per heavy atom. The van der Waals surface area contributed by atoms with E-state index in [1.807, 2.05) is 0 Å². The predicted octanol–water partition coefficient (Wildman–Crippen LogP) is 2.20. The molecule has 0 amide bonds. The van der Waals surface area contributed by atoms with Gasteiger partial charge in [-0.2, -0.15) is 5.26 Å². The van der Waals surface area contributed by atoms with Gasteiger partial charge in [0.25, 0.3) is 0 Å². The molecule has 0 unspecified atom stereocenters. The number of benzene rings is 1. The zero-order valence-electron chi connectivity index (χ0n) is 8.18. The maximum atomic E-state index is 13.1. The first-order chi connectivity index (χ1) is 6.77. The van der Waals surface area contributed by atoms with Crippen LogP contribution >= 0.6 is 0 Å². The highest BCUT2D eigenvalue weighted by atomic mass is 19.1. The summed E-state index contributed by atoms with van der Waals surface area (Å²) in [5.74, 6) is -0.441. The molecule has 1 N–H and O–H groups in total. The lowest BCUT2D eigenvalue weighted by molar-refractivity contribution is 0.615. The van der Waals surface area contributed by atoms with Gasteiger partial charge in [-0.1, -0.05) is 13.0 Å². The minimum absolute atomic E-state index is 0.101. The summed E-state index contributed by atoms with van der Waals surface area (Å²) in [4.78, 5) is 0. The summed E-state index contributed by atoms with van der Waals surface area (Å²) in [7, 11) is 0. The molecule has 1 aromatic rings. The Hall–Kier alpha value is -1.40. The highest BCUT2D eigenvalue weighted by Gasteiger charge is 2.01. The van der Waals surface area contributed by atoms with Gasteiger partial charge in [0, 0.05) is 6.54 Å². The maximum Gasteiger partial charge on any atom is 0.141 e. The molecule has 0 saturated heterocycles. The van der Waals surface area contributed by atoms with Crippen molar-refractivity contribution in [2.45, 2.75) is 19.9 Å². The SMILES string of the molecule is CCCNCc1ccc(C#N)c(F)c1. The molecule has 1 rings (SSSR count). The van der Waals surface area contributed by atoms with Crippen LogP contribution in [0.3, 0.4) is 0 Å². The van der Waals surface area contributed by atoms with Crippen molar-refractivity contribution in [3.05, 3.63) is 35.1 Å². The molecule has 0 radical (unpaired) electrons. The van der Waals surface area contributed by atoms with Crippen LogP contribution in [0.15, 0.2) is 18.2 Å². The van der Waals surface area contributed by atoms with Crippen molar-refractivity contribution in [3.8, 4) is 6.07 Å². The second-order valence-electron chi connectivity index (χ2n) is 3.10. The topological polar surface area (TPSA) is 35.8 Å². The normalized spacial score (nSPS) is 9.79. The van der Waals surface area contributed by atoms with E-state index >= 15 is 0 Å². The number of nitriles is 1. The van der Waals surface area contributed by atoms with Crippen LogP contribution < -0.4 is 5.32 Å². The van der Waals surface area contributed by atoms with Crippen molar-refractivity contribution in [3.63, 3.8) is 0 Å². The van der Waals surface area contributed by atoms with E-state index in [1.165, 1.54) is 12.1 Å². The van der Waals surface area contributed by atoms with E-state index < -0.39 is 5.82 Å². The lowest BCUT2D eigenvalue weighted by atomic mass is 10.1. The van der Waals surface area contributed by atoms with Gasteiger partial charge in [-0.25, -0.2) is 4.39 Å². The molecule has 0 fully saturated rings. The highest BCUT2D eigenvalue weighted by molar-refractivity contribution is 5.33. The van der Waals surface area contributed by atoms with Crippen molar-refractivity contribution in [2.24, 2.45) is 0 Å². The molecular formula is C11H13FN2. The van der Waals surface area contributed by atoms with Crippen molar-refractivity contribution in [1.82, 2.24) is 5.32 Å². The second-order valence-corrected chi connectivity index (χ2v) is 3.10. The molecule has 0 saturated carbocycles. The van der Waals surface area contributed by atoms with Gasteiger partial charge in [-0.3, -0.25) is 0 Å². The van der Waals surface area contributed by atoms with E-state index in [9.17, 15) is 4.39 Å². The summed E-state index contributed by atoms with van der Waals surface area (Å²) < 4.78 is 13.1.